The van der Waals surface area contributed by atoms with Gasteiger partial charge < -0.3 is 9.84 Å². The Morgan fingerprint density at radius 3 is 2.19 bits per heavy atom. The van der Waals surface area contributed by atoms with Crippen molar-refractivity contribution < 1.29 is 9.84 Å². The van der Waals surface area contributed by atoms with Crippen LogP contribution in [0.25, 0.3) is 0 Å². The summed E-state index contributed by atoms with van der Waals surface area (Å²) in [6, 6.07) is 12.5. The molecule has 5 heteroatoms. The van der Waals surface area contributed by atoms with Crippen LogP contribution in [0.3, 0.4) is 0 Å². The molecule has 1 unspecified atom stereocenters. The Morgan fingerprint density at radius 1 is 1.00 bits per heavy atom. The van der Waals surface area contributed by atoms with Crippen LogP contribution >= 0.6 is 34.8 Å². The maximum absolute atomic E-state index is 9.72. The summed E-state index contributed by atoms with van der Waals surface area (Å²) in [5.41, 5.74) is 0.760. The van der Waals surface area contributed by atoms with Crippen molar-refractivity contribution in [3.8, 4) is 0 Å². The van der Waals surface area contributed by atoms with E-state index < -0.39 is 5.60 Å². The maximum atomic E-state index is 9.72. The summed E-state index contributed by atoms with van der Waals surface area (Å²) >= 11 is 17.9. The van der Waals surface area contributed by atoms with Crippen LogP contribution in [-0.2, 0) is 16.9 Å². The van der Waals surface area contributed by atoms with Gasteiger partial charge in [0.25, 0.3) is 0 Å². The molecule has 0 fully saturated rings. The Balaban J connectivity index is 2.18. The van der Waals surface area contributed by atoms with E-state index in [1.54, 1.807) is 37.3 Å². The second kappa shape index (κ2) is 6.99. The first-order valence-corrected chi connectivity index (χ1v) is 7.53. The number of benzene rings is 2. The fourth-order valence-electron chi connectivity index (χ4n) is 1.95. The maximum Gasteiger partial charge on any atom is 0.115 e. The zero-order chi connectivity index (χ0) is 15.5. The van der Waals surface area contributed by atoms with Gasteiger partial charge in [-0.05, 0) is 36.8 Å². The van der Waals surface area contributed by atoms with Crippen molar-refractivity contribution >= 4 is 34.8 Å². The van der Waals surface area contributed by atoms with Crippen LogP contribution in [0.15, 0.2) is 42.5 Å². The largest absolute Gasteiger partial charge is 0.393 e. The molecule has 0 aliphatic carbocycles. The van der Waals surface area contributed by atoms with E-state index in [1.165, 1.54) is 0 Å². The first-order chi connectivity index (χ1) is 9.94. The number of rotatable bonds is 5. The molecule has 0 aliphatic rings. The minimum absolute atomic E-state index is 0.193. The zero-order valence-corrected chi connectivity index (χ0v) is 13.7. The van der Waals surface area contributed by atoms with Gasteiger partial charge >= 0.3 is 0 Å². The van der Waals surface area contributed by atoms with Crippen molar-refractivity contribution in [1.82, 2.24) is 0 Å². The second-order valence-electron chi connectivity index (χ2n) is 4.93. The monoisotopic (exact) mass is 344 g/mol. The molecule has 1 N–H and O–H groups in total. The number of halogens is 3. The molecule has 2 aromatic carbocycles. The quantitative estimate of drug-likeness (QED) is 0.819. The predicted octanol–water partition coefficient (Wildman–Crippen LogP) is 5.07. The van der Waals surface area contributed by atoms with Crippen molar-refractivity contribution in [2.24, 2.45) is 0 Å². The van der Waals surface area contributed by atoms with E-state index in [1.807, 2.05) is 12.1 Å². The molecule has 0 saturated carbocycles. The van der Waals surface area contributed by atoms with E-state index in [4.69, 9.17) is 39.5 Å². The number of aliphatic hydroxyl groups is 1. The topological polar surface area (TPSA) is 29.5 Å². The summed E-state index contributed by atoms with van der Waals surface area (Å²) < 4.78 is 5.89. The molecule has 2 nitrogen and oxygen atoms in total. The fourth-order valence-corrected chi connectivity index (χ4v) is 2.68. The molecule has 0 aromatic heterocycles. The first kappa shape index (κ1) is 16.6. The minimum Gasteiger partial charge on any atom is -0.393 e. The van der Waals surface area contributed by atoms with E-state index in [2.05, 4.69) is 0 Å². The summed E-state index contributed by atoms with van der Waals surface area (Å²) in [5, 5.41) is 11.4. The van der Waals surface area contributed by atoms with Crippen LogP contribution in [0.1, 0.15) is 18.1 Å². The van der Waals surface area contributed by atoms with Crippen LogP contribution < -0.4 is 0 Å². The smallest absolute Gasteiger partial charge is 0.115 e. The third-order valence-corrected chi connectivity index (χ3v) is 4.07. The van der Waals surface area contributed by atoms with Gasteiger partial charge in [0.1, 0.15) is 5.60 Å². The van der Waals surface area contributed by atoms with E-state index in [9.17, 15) is 5.11 Å². The Morgan fingerprint density at radius 2 is 1.62 bits per heavy atom. The Hall–Kier alpha value is -0.770. The highest BCUT2D eigenvalue weighted by Gasteiger charge is 2.29. The first-order valence-electron chi connectivity index (χ1n) is 6.39. The Kier molecular flexibility index (Phi) is 5.53. The lowest BCUT2D eigenvalue weighted by atomic mass is 9.96. The van der Waals surface area contributed by atoms with Gasteiger partial charge in [0.05, 0.1) is 13.2 Å². The molecule has 0 saturated heterocycles. The third-order valence-electron chi connectivity index (χ3n) is 3.27. The fraction of sp³-hybridized carbons (Fsp3) is 0.250. The Bertz CT molecular complexity index is 613. The summed E-state index contributed by atoms with van der Waals surface area (Å²) in [6.07, 6.45) is 0. The lowest BCUT2D eigenvalue weighted by Crippen LogP contribution is -2.30. The number of ether oxygens (including phenoxy) is 1. The van der Waals surface area contributed by atoms with E-state index in [0.717, 1.165) is 5.56 Å². The molecule has 0 aliphatic heterocycles. The van der Waals surface area contributed by atoms with Crippen LogP contribution in [0.2, 0.25) is 15.1 Å². The van der Waals surface area contributed by atoms with Gasteiger partial charge in [-0.15, -0.1) is 0 Å². The van der Waals surface area contributed by atoms with Crippen LogP contribution in [0.4, 0.5) is 0 Å². The molecule has 0 heterocycles. The number of hydrogen-bond donors (Lipinski definition) is 1. The molecule has 2 rings (SSSR count). The minimum atomic E-state index is -0.901. The van der Waals surface area contributed by atoms with Crippen LogP contribution in [-0.4, -0.2) is 11.7 Å². The van der Waals surface area contributed by atoms with Crippen molar-refractivity contribution in [2.45, 2.75) is 19.1 Å². The highest BCUT2D eigenvalue weighted by Crippen LogP contribution is 2.33. The standard InChI is InChI=1S/C16H15Cl3O2/c1-16(10-20,14-7-6-13(18)8-15(14)19)21-9-11-2-4-12(17)5-3-11/h2-8,20H,9-10H2,1H3. The van der Waals surface area contributed by atoms with Crippen molar-refractivity contribution in [2.75, 3.05) is 6.61 Å². The van der Waals surface area contributed by atoms with Gasteiger partial charge in [0, 0.05) is 20.6 Å². The molecular formula is C16H15Cl3O2. The normalized spacial score (nSPS) is 14.0. The van der Waals surface area contributed by atoms with Gasteiger partial charge in [-0.25, -0.2) is 0 Å². The highest BCUT2D eigenvalue weighted by atomic mass is 35.5. The number of aliphatic hydroxyl groups excluding tert-OH is 1. The van der Waals surface area contributed by atoms with Gasteiger partial charge in [-0.1, -0.05) is 53.0 Å². The predicted molar refractivity (Wildman–Crippen MR) is 87.1 cm³/mol. The molecule has 0 radical (unpaired) electrons. The SMILES string of the molecule is CC(CO)(OCc1ccc(Cl)cc1)c1ccc(Cl)cc1Cl. The second-order valence-corrected chi connectivity index (χ2v) is 6.21. The van der Waals surface area contributed by atoms with E-state index in [0.29, 0.717) is 27.2 Å². The molecule has 0 amide bonds. The van der Waals surface area contributed by atoms with E-state index >= 15 is 0 Å². The average molecular weight is 346 g/mol. The summed E-state index contributed by atoms with van der Waals surface area (Å²) in [4.78, 5) is 0. The molecule has 0 spiro atoms. The van der Waals surface area contributed by atoms with Crippen LogP contribution in [0, 0.1) is 0 Å². The molecule has 1 atom stereocenters. The van der Waals surface area contributed by atoms with Gasteiger partial charge in [0.2, 0.25) is 0 Å². The molecule has 21 heavy (non-hydrogen) atoms. The van der Waals surface area contributed by atoms with Crippen molar-refractivity contribution in [3.05, 3.63) is 68.7 Å². The van der Waals surface area contributed by atoms with Gasteiger partial charge in [0.15, 0.2) is 0 Å². The molecule has 112 valence electrons. The zero-order valence-electron chi connectivity index (χ0n) is 11.4. The third kappa shape index (κ3) is 4.12. The molecule has 0 bridgehead atoms. The molecule has 2 aromatic rings. The van der Waals surface area contributed by atoms with Gasteiger partial charge in [-0.2, -0.15) is 0 Å². The lowest BCUT2D eigenvalue weighted by Gasteiger charge is -2.29. The summed E-state index contributed by atoms with van der Waals surface area (Å²) in [7, 11) is 0. The van der Waals surface area contributed by atoms with Crippen molar-refractivity contribution in [1.29, 1.82) is 0 Å². The van der Waals surface area contributed by atoms with Crippen molar-refractivity contribution in [3.63, 3.8) is 0 Å². The van der Waals surface area contributed by atoms with E-state index in [-0.39, 0.29) is 6.61 Å². The number of hydrogen-bond acceptors (Lipinski definition) is 2. The summed E-state index contributed by atoms with van der Waals surface area (Å²) in [5.74, 6) is 0. The molecular weight excluding hydrogens is 331 g/mol. The van der Waals surface area contributed by atoms with Gasteiger partial charge in [-0.3, -0.25) is 0 Å². The van der Waals surface area contributed by atoms with Crippen LogP contribution in [0.5, 0.6) is 0 Å². The highest BCUT2D eigenvalue weighted by molar-refractivity contribution is 6.35. The lowest BCUT2D eigenvalue weighted by molar-refractivity contribution is -0.0818. The summed E-state index contributed by atoms with van der Waals surface area (Å²) in [6.45, 7) is 1.94. The average Bonchev–Trinajstić information content (AvgIpc) is 2.46. The Labute approximate surface area is 139 Å².